The van der Waals surface area contributed by atoms with Crippen LogP contribution in [-0.4, -0.2) is 12.1 Å². The van der Waals surface area contributed by atoms with Crippen LogP contribution in [0.25, 0.3) is 0 Å². The third-order valence-corrected chi connectivity index (χ3v) is 3.16. The van der Waals surface area contributed by atoms with E-state index in [0.717, 1.165) is 11.8 Å². The first-order valence-electron chi connectivity index (χ1n) is 7.17. The number of rotatable bonds is 9. The molecule has 1 N–H and O–H groups in total. The van der Waals surface area contributed by atoms with Gasteiger partial charge in [-0.2, -0.15) is 0 Å². The van der Waals surface area contributed by atoms with Crippen molar-refractivity contribution in [3.05, 3.63) is 0 Å². The van der Waals surface area contributed by atoms with E-state index in [-0.39, 0.29) is 0 Å². The van der Waals surface area contributed by atoms with Gasteiger partial charge in [-0.25, -0.2) is 0 Å². The summed E-state index contributed by atoms with van der Waals surface area (Å²) in [5.41, 5.74) is 0. The molecule has 0 fully saturated rings. The molecule has 0 aliphatic rings. The maximum atomic E-state index is 3.71. The van der Waals surface area contributed by atoms with Gasteiger partial charge in [0, 0.05) is 12.1 Å². The van der Waals surface area contributed by atoms with Gasteiger partial charge in [0.1, 0.15) is 0 Å². The molecule has 0 aliphatic carbocycles. The molecule has 0 aliphatic heterocycles. The average molecular weight is 227 g/mol. The van der Waals surface area contributed by atoms with Gasteiger partial charge < -0.3 is 5.32 Å². The monoisotopic (exact) mass is 227 g/mol. The molecule has 0 amide bonds. The Balaban J connectivity index is 3.50. The van der Waals surface area contributed by atoms with Crippen molar-refractivity contribution in [2.24, 2.45) is 11.8 Å². The minimum Gasteiger partial charge on any atom is -0.312 e. The maximum Gasteiger partial charge on any atom is 0.00413 e. The number of hydrogen-bond acceptors (Lipinski definition) is 1. The average Bonchev–Trinajstić information content (AvgIpc) is 2.14. The quantitative estimate of drug-likeness (QED) is 0.606. The third-order valence-electron chi connectivity index (χ3n) is 3.16. The number of nitrogens with one attached hydrogen (secondary N) is 1. The lowest BCUT2D eigenvalue weighted by Gasteiger charge is -2.21. The van der Waals surface area contributed by atoms with Crippen molar-refractivity contribution in [1.29, 1.82) is 0 Å². The Hall–Kier alpha value is -0.0400. The van der Waals surface area contributed by atoms with Crippen LogP contribution in [0.1, 0.15) is 73.6 Å². The molecule has 0 saturated carbocycles. The van der Waals surface area contributed by atoms with E-state index >= 15 is 0 Å². The lowest BCUT2D eigenvalue weighted by Crippen LogP contribution is -2.34. The molecule has 0 radical (unpaired) electrons. The van der Waals surface area contributed by atoms with Gasteiger partial charge >= 0.3 is 0 Å². The Kier molecular flexibility index (Phi) is 9.02. The molecule has 0 aromatic heterocycles. The zero-order chi connectivity index (χ0) is 12.6. The second-order valence-corrected chi connectivity index (χ2v) is 6.26. The Morgan fingerprint density at radius 3 is 1.62 bits per heavy atom. The molecular weight excluding hydrogens is 194 g/mol. The highest BCUT2D eigenvalue weighted by atomic mass is 14.9. The SMILES string of the molecule is CC(C)CCCC(C)NC(C)CCC(C)C. The molecule has 2 atom stereocenters. The lowest BCUT2D eigenvalue weighted by molar-refractivity contribution is 0.385. The summed E-state index contributed by atoms with van der Waals surface area (Å²) in [5.74, 6) is 1.69. The summed E-state index contributed by atoms with van der Waals surface area (Å²) in [7, 11) is 0. The van der Waals surface area contributed by atoms with E-state index in [2.05, 4.69) is 46.9 Å². The fourth-order valence-electron chi connectivity index (χ4n) is 2.07. The molecule has 2 unspecified atom stereocenters. The van der Waals surface area contributed by atoms with Crippen molar-refractivity contribution in [2.45, 2.75) is 85.7 Å². The normalized spacial score (nSPS) is 15.8. The highest BCUT2D eigenvalue weighted by molar-refractivity contribution is 4.68. The van der Waals surface area contributed by atoms with Crippen molar-refractivity contribution in [3.63, 3.8) is 0 Å². The van der Waals surface area contributed by atoms with E-state index in [4.69, 9.17) is 0 Å². The molecule has 98 valence electrons. The van der Waals surface area contributed by atoms with Crippen molar-refractivity contribution >= 4 is 0 Å². The highest BCUT2D eigenvalue weighted by Crippen LogP contribution is 2.10. The third kappa shape index (κ3) is 10.5. The minimum absolute atomic E-state index is 0.677. The summed E-state index contributed by atoms with van der Waals surface area (Å²) >= 11 is 0. The minimum atomic E-state index is 0.677. The fraction of sp³-hybridized carbons (Fsp3) is 1.00. The van der Waals surface area contributed by atoms with Gasteiger partial charge in [0.15, 0.2) is 0 Å². The summed E-state index contributed by atoms with van der Waals surface area (Å²) in [6.07, 6.45) is 6.71. The van der Waals surface area contributed by atoms with Crippen LogP contribution in [0.2, 0.25) is 0 Å². The first-order valence-corrected chi connectivity index (χ1v) is 7.17. The van der Waals surface area contributed by atoms with E-state index in [1.807, 2.05) is 0 Å². The molecule has 16 heavy (non-hydrogen) atoms. The van der Waals surface area contributed by atoms with Gasteiger partial charge in [0.2, 0.25) is 0 Å². The van der Waals surface area contributed by atoms with E-state index in [9.17, 15) is 0 Å². The summed E-state index contributed by atoms with van der Waals surface area (Å²) in [5, 5.41) is 3.71. The van der Waals surface area contributed by atoms with Crippen LogP contribution in [0.4, 0.5) is 0 Å². The summed E-state index contributed by atoms with van der Waals surface area (Å²) in [4.78, 5) is 0. The molecule has 0 spiro atoms. The molecule has 0 heterocycles. The van der Waals surface area contributed by atoms with Gasteiger partial charge in [0.05, 0.1) is 0 Å². The molecule has 1 nitrogen and oxygen atoms in total. The van der Waals surface area contributed by atoms with Crippen LogP contribution in [0, 0.1) is 11.8 Å². The molecule has 0 saturated heterocycles. The topological polar surface area (TPSA) is 12.0 Å². The summed E-state index contributed by atoms with van der Waals surface area (Å²) < 4.78 is 0. The lowest BCUT2D eigenvalue weighted by atomic mass is 10.0. The van der Waals surface area contributed by atoms with Crippen molar-refractivity contribution in [2.75, 3.05) is 0 Å². The summed E-state index contributed by atoms with van der Waals surface area (Å²) in [6, 6.07) is 1.36. The maximum absolute atomic E-state index is 3.71. The summed E-state index contributed by atoms with van der Waals surface area (Å²) in [6.45, 7) is 13.9. The molecule has 0 aromatic rings. The van der Waals surface area contributed by atoms with Gasteiger partial charge in [-0.3, -0.25) is 0 Å². The van der Waals surface area contributed by atoms with Crippen LogP contribution in [-0.2, 0) is 0 Å². The molecule has 0 bridgehead atoms. The second-order valence-electron chi connectivity index (χ2n) is 6.26. The first kappa shape index (κ1) is 16.0. The second kappa shape index (κ2) is 9.04. The zero-order valence-electron chi connectivity index (χ0n) is 12.3. The molecule has 1 heteroatoms. The Bertz CT molecular complexity index is 152. The van der Waals surface area contributed by atoms with Crippen LogP contribution in [0.3, 0.4) is 0 Å². The first-order chi connectivity index (χ1) is 7.41. The van der Waals surface area contributed by atoms with E-state index in [0.29, 0.717) is 12.1 Å². The Labute approximate surface area is 103 Å². The smallest absolute Gasteiger partial charge is 0.00413 e. The van der Waals surface area contributed by atoms with Crippen LogP contribution >= 0.6 is 0 Å². The van der Waals surface area contributed by atoms with Gasteiger partial charge in [0.25, 0.3) is 0 Å². The number of hydrogen-bond donors (Lipinski definition) is 1. The van der Waals surface area contributed by atoms with E-state index < -0.39 is 0 Å². The van der Waals surface area contributed by atoms with Crippen molar-refractivity contribution in [1.82, 2.24) is 5.32 Å². The van der Waals surface area contributed by atoms with Crippen molar-refractivity contribution in [3.8, 4) is 0 Å². The zero-order valence-corrected chi connectivity index (χ0v) is 12.3. The fourth-order valence-corrected chi connectivity index (χ4v) is 2.07. The molecular formula is C15H33N. The van der Waals surface area contributed by atoms with Crippen LogP contribution in [0.15, 0.2) is 0 Å². The Morgan fingerprint density at radius 2 is 1.12 bits per heavy atom. The largest absolute Gasteiger partial charge is 0.312 e. The predicted molar refractivity (Wildman–Crippen MR) is 74.8 cm³/mol. The van der Waals surface area contributed by atoms with Gasteiger partial charge in [-0.1, -0.05) is 40.5 Å². The van der Waals surface area contributed by atoms with Crippen LogP contribution < -0.4 is 5.32 Å². The van der Waals surface area contributed by atoms with Crippen LogP contribution in [0.5, 0.6) is 0 Å². The van der Waals surface area contributed by atoms with E-state index in [1.54, 1.807) is 0 Å². The van der Waals surface area contributed by atoms with Gasteiger partial charge in [-0.05, 0) is 44.9 Å². The van der Waals surface area contributed by atoms with Crippen molar-refractivity contribution < 1.29 is 0 Å². The predicted octanol–water partition coefficient (Wildman–Crippen LogP) is 4.62. The Morgan fingerprint density at radius 1 is 0.625 bits per heavy atom. The van der Waals surface area contributed by atoms with Gasteiger partial charge in [-0.15, -0.1) is 0 Å². The standard InChI is InChI=1S/C15H33N/c1-12(2)8-7-9-14(5)16-15(6)11-10-13(3)4/h12-16H,7-11H2,1-6H3. The van der Waals surface area contributed by atoms with E-state index in [1.165, 1.54) is 32.1 Å². The highest BCUT2D eigenvalue weighted by Gasteiger charge is 2.08. The molecule has 0 rings (SSSR count). The molecule has 0 aromatic carbocycles.